The Labute approximate surface area is 316 Å². The lowest BCUT2D eigenvalue weighted by molar-refractivity contribution is 0.0910. The van der Waals surface area contributed by atoms with Gasteiger partial charge in [0.25, 0.3) is 23.6 Å². The van der Waals surface area contributed by atoms with Crippen LogP contribution in [0.5, 0.6) is 0 Å². The molecule has 220 valence electrons. The molecule has 0 atom stereocenters. The van der Waals surface area contributed by atoms with E-state index < -0.39 is 29.4 Å². The Bertz CT molecular complexity index is 1860. The number of fused-ring (bicyclic) bond motifs is 2. The highest BCUT2D eigenvalue weighted by atomic mass is 79.9. The molecule has 4 aromatic rings. The first-order valence-corrected chi connectivity index (χ1v) is 18.4. The van der Waals surface area contributed by atoms with Crippen LogP contribution in [0.3, 0.4) is 0 Å². The fourth-order valence-corrected chi connectivity index (χ4v) is 9.89. The average molecular weight is 1100 g/mol. The van der Waals surface area contributed by atoms with Gasteiger partial charge in [-0.05, 0) is 152 Å². The van der Waals surface area contributed by atoms with E-state index in [0.717, 1.165) is 9.80 Å². The van der Waals surface area contributed by atoms with Crippen LogP contribution in [0.4, 0.5) is 11.4 Å². The molecule has 0 spiro atoms. The molecule has 2 heterocycles. The molecule has 0 fully saturated rings. The summed E-state index contributed by atoms with van der Waals surface area (Å²) in [4.78, 5) is 71.6. The predicted octanol–water partition coefficient (Wildman–Crippen LogP) is 10.6. The summed E-state index contributed by atoms with van der Waals surface area (Å²) in [7, 11) is 0. The van der Waals surface area contributed by atoms with Gasteiger partial charge in [-0.1, -0.05) is 24.3 Å². The Morgan fingerprint density at radius 2 is 0.659 bits per heavy atom. The zero-order valence-corrected chi connectivity index (χ0v) is 33.8. The number of halogens is 8. The predicted molar refractivity (Wildman–Crippen MR) is 193 cm³/mol. The number of hydrogen-bond acceptors (Lipinski definition) is 5. The average Bonchev–Trinajstić information content (AvgIpc) is 3.42. The smallest absolute Gasteiger partial charge is 0.266 e. The maximum atomic E-state index is 15.0. The normalized spacial score (nSPS) is 14.1. The van der Waals surface area contributed by atoms with Gasteiger partial charge in [0.2, 0.25) is 0 Å². The molecule has 0 bridgehead atoms. The number of ketones is 1. The van der Waals surface area contributed by atoms with Gasteiger partial charge in [-0.3, -0.25) is 24.0 Å². The number of carbonyl (C=O) groups is 5. The molecule has 4 aromatic carbocycles. The minimum absolute atomic E-state index is 0.0430. The van der Waals surface area contributed by atoms with E-state index in [0.29, 0.717) is 17.9 Å². The van der Waals surface area contributed by atoms with Gasteiger partial charge < -0.3 is 0 Å². The second-order valence-corrected chi connectivity index (χ2v) is 15.6. The van der Waals surface area contributed by atoms with E-state index in [1.165, 1.54) is 24.3 Å². The zero-order chi connectivity index (χ0) is 31.9. The van der Waals surface area contributed by atoms with Gasteiger partial charge in [0.15, 0.2) is 5.78 Å². The van der Waals surface area contributed by atoms with Crippen molar-refractivity contribution in [3.05, 3.63) is 118 Å². The number of carbonyl (C=O) groups excluding carboxylic acids is 5. The van der Waals surface area contributed by atoms with E-state index in [1.807, 2.05) is 0 Å². The van der Waals surface area contributed by atoms with Crippen LogP contribution in [0.2, 0.25) is 0 Å². The van der Waals surface area contributed by atoms with Gasteiger partial charge in [-0.15, -0.1) is 0 Å². The highest BCUT2D eigenvalue weighted by molar-refractivity contribution is 9.15. The minimum Gasteiger partial charge on any atom is -0.288 e. The largest absolute Gasteiger partial charge is 0.288 e. The van der Waals surface area contributed by atoms with Crippen molar-refractivity contribution in [2.45, 2.75) is 0 Å². The van der Waals surface area contributed by atoms with E-state index >= 15 is 0 Å². The zero-order valence-electron chi connectivity index (χ0n) is 21.1. The van der Waals surface area contributed by atoms with Crippen molar-refractivity contribution in [1.29, 1.82) is 0 Å². The molecule has 7 nitrogen and oxygen atoms in total. The molecular formula is C29H8Br8N2O5. The fourth-order valence-electron chi connectivity index (χ4n) is 4.98. The van der Waals surface area contributed by atoms with E-state index in [-0.39, 0.29) is 62.6 Å². The molecule has 6 rings (SSSR count). The molecule has 0 unspecified atom stereocenters. The quantitative estimate of drug-likeness (QED) is 0.0879. The molecule has 0 aliphatic carbocycles. The van der Waals surface area contributed by atoms with Gasteiger partial charge in [0.05, 0.1) is 53.7 Å². The lowest BCUT2D eigenvalue weighted by Gasteiger charge is -2.26. The summed E-state index contributed by atoms with van der Waals surface area (Å²) >= 11 is 27.9. The first-order valence-electron chi connectivity index (χ1n) is 12.0. The Balaban J connectivity index is 1.66. The van der Waals surface area contributed by atoms with Crippen molar-refractivity contribution < 1.29 is 24.0 Å². The van der Waals surface area contributed by atoms with Gasteiger partial charge in [-0.25, -0.2) is 9.80 Å². The van der Waals surface area contributed by atoms with Crippen LogP contribution in [0.25, 0.3) is 0 Å². The summed E-state index contributed by atoms with van der Waals surface area (Å²) in [6, 6.07) is 12.7. The van der Waals surface area contributed by atoms with Crippen molar-refractivity contribution in [1.82, 2.24) is 0 Å². The van der Waals surface area contributed by atoms with Gasteiger partial charge in [0, 0.05) is 26.8 Å². The number of nitrogens with zero attached hydrogens (tertiary/aromatic N) is 2. The lowest BCUT2D eigenvalue weighted by atomic mass is 9.98. The number of benzene rings is 4. The van der Waals surface area contributed by atoms with E-state index in [9.17, 15) is 24.0 Å². The third-order valence-electron chi connectivity index (χ3n) is 6.97. The van der Waals surface area contributed by atoms with Crippen LogP contribution >= 0.6 is 127 Å². The number of anilines is 2. The van der Waals surface area contributed by atoms with Crippen LogP contribution in [-0.2, 0) is 0 Å². The van der Waals surface area contributed by atoms with Crippen LogP contribution < -0.4 is 9.80 Å². The van der Waals surface area contributed by atoms with Crippen molar-refractivity contribution in [3.8, 4) is 0 Å². The molecule has 2 aliphatic rings. The molecule has 0 N–H and O–H groups in total. The summed E-state index contributed by atoms with van der Waals surface area (Å²) in [5.41, 5.74) is 0.444. The number of hydrogen-bond donors (Lipinski definition) is 0. The van der Waals surface area contributed by atoms with E-state index in [4.69, 9.17) is 0 Å². The molecule has 0 aromatic heterocycles. The number of imide groups is 2. The van der Waals surface area contributed by atoms with E-state index in [1.54, 1.807) is 24.3 Å². The first-order chi connectivity index (χ1) is 20.8. The maximum absolute atomic E-state index is 15.0. The maximum Gasteiger partial charge on any atom is 0.266 e. The van der Waals surface area contributed by atoms with Crippen molar-refractivity contribution in [3.63, 3.8) is 0 Å². The fraction of sp³-hybridized carbons (Fsp3) is 0. The van der Waals surface area contributed by atoms with Crippen LogP contribution in [-0.4, -0.2) is 29.4 Å². The van der Waals surface area contributed by atoms with Gasteiger partial charge >= 0.3 is 0 Å². The van der Waals surface area contributed by atoms with Crippen LogP contribution in [0.1, 0.15) is 57.4 Å². The molecule has 2 aliphatic heterocycles. The van der Waals surface area contributed by atoms with Gasteiger partial charge in [0.1, 0.15) is 0 Å². The monoisotopic (exact) mass is 1100 g/mol. The summed E-state index contributed by atoms with van der Waals surface area (Å²) in [6.45, 7) is 0. The highest BCUT2D eigenvalue weighted by Crippen LogP contribution is 2.53. The number of amides is 4. The lowest BCUT2D eigenvalue weighted by Crippen LogP contribution is -2.33. The van der Waals surface area contributed by atoms with Crippen molar-refractivity contribution in [2.24, 2.45) is 0 Å². The molecule has 0 radical (unpaired) electrons. The summed E-state index contributed by atoms with van der Waals surface area (Å²) in [5, 5.41) is 0. The Morgan fingerprint density at radius 3 is 0.932 bits per heavy atom. The Hall–Kier alpha value is -1.33. The Kier molecular flexibility index (Phi) is 8.92. The third kappa shape index (κ3) is 4.70. The van der Waals surface area contributed by atoms with E-state index in [2.05, 4.69) is 127 Å². The van der Waals surface area contributed by atoms with Gasteiger partial charge in [-0.2, -0.15) is 0 Å². The summed E-state index contributed by atoms with van der Waals surface area (Å²) in [5.74, 6) is -3.22. The first kappa shape index (κ1) is 32.6. The highest BCUT2D eigenvalue weighted by Gasteiger charge is 2.44. The molecule has 15 heteroatoms. The second kappa shape index (κ2) is 12.0. The Morgan fingerprint density at radius 1 is 0.409 bits per heavy atom. The molecule has 44 heavy (non-hydrogen) atoms. The SMILES string of the molecule is O=C(c1c(Br)c(Br)c(Br)c(Br)c1N1C(=O)c2ccccc2C1=O)c1c(Br)c(Br)c(Br)c(Br)c1N1C(=O)c2ccccc2C1=O. The number of rotatable bonds is 4. The van der Waals surface area contributed by atoms with Crippen LogP contribution in [0, 0.1) is 0 Å². The molecular weight excluding hydrogens is 1100 g/mol. The van der Waals surface area contributed by atoms with Crippen molar-refractivity contribution in [2.75, 3.05) is 9.80 Å². The minimum atomic E-state index is -0.718. The van der Waals surface area contributed by atoms with Crippen LogP contribution in [0.15, 0.2) is 84.3 Å². The standard InChI is InChI=1S/C29H8Br8N2O5/c30-15-13(23(21(36)19(34)17(15)32)38-26(41)9-5-1-2-6-10(9)27(38)42)25(40)14-16(31)18(33)20(35)22(37)24(14)39-28(43)11-7-3-4-8-12(11)29(39)44/h1-8H. The molecule has 0 saturated heterocycles. The van der Waals surface area contributed by atoms with Crippen molar-refractivity contribution >= 4 is 168 Å². The molecule has 0 saturated carbocycles. The third-order valence-corrected chi connectivity index (χ3v) is 16.5. The molecule has 4 amide bonds. The second-order valence-electron chi connectivity index (χ2n) is 9.27. The summed E-state index contributed by atoms with van der Waals surface area (Å²) < 4.78 is 2.54. The summed E-state index contributed by atoms with van der Waals surface area (Å²) in [6.07, 6.45) is 0. The topological polar surface area (TPSA) is 91.8 Å².